The molecule has 25 heavy (non-hydrogen) atoms. The Bertz CT molecular complexity index is 555. The molecule has 1 atom stereocenters. The van der Waals surface area contributed by atoms with E-state index in [1.807, 2.05) is 10.7 Å². The van der Waals surface area contributed by atoms with E-state index in [0.717, 1.165) is 51.0 Å². The maximum Gasteiger partial charge on any atom is 0.271 e. The fourth-order valence-corrected chi connectivity index (χ4v) is 3.51. The van der Waals surface area contributed by atoms with E-state index in [2.05, 4.69) is 41.4 Å². The summed E-state index contributed by atoms with van der Waals surface area (Å²) in [6.45, 7) is 4.43. The summed E-state index contributed by atoms with van der Waals surface area (Å²) < 4.78 is 7.86. The molecule has 7 nitrogen and oxygen atoms in total. The van der Waals surface area contributed by atoms with E-state index in [-0.39, 0.29) is 5.91 Å². The van der Waals surface area contributed by atoms with Crippen LogP contribution in [0.15, 0.2) is 6.07 Å². The highest BCUT2D eigenvalue weighted by Gasteiger charge is 2.26. The van der Waals surface area contributed by atoms with Gasteiger partial charge in [0.2, 0.25) is 0 Å². The van der Waals surface area contributed by atoms with Gasteiger partial charge in [-0.25, -0.2) is 0 Å². The number of amides is 1. The standard InChI is InChI=1S/C18H31N5O2/c1-21(2)15-11-14-12-17(20-23(14)13-15)18(24)19-7-4-10-25-16-5-8-22(3)9-6-16/h12,15-16H,4-11,13H2,1-3H3,(H,19,24)/t15-/m0/s1. The average molecular weight is 349 g/mol. The van der Waals surface area contributed by atoms with E-state index in [0.29, 0.717) is 31.0 Å². The minimum absolute atomic E-state index is 0.0809. The molecule has 0 aromatic carbocycles. The highest BCUT2D eigenvalue weighted by atomic mass is 16.5. The number of hydrogen-bond donors (Lipinski definition) is 1. The number of piperidine rings is 1. The van der Waals surface area contributed by atoms with Crippen LogP contribution in [0, 0.1) is 0 Å². The predicted octanol–water partition coefficient (Wildman–Crippen LogP) is 0.600. The molecule has 1 amide bonds. The Balaban J connectivity index is 1.33. The zero-order chi connectivity index (χ0) is 17.8. The molecule has 0 aliphatic carbocycles. The van der Waals surface area contributed by atoms with Crippen LogP contribution in [0.5, 0.6) is 0 Å². The lowest BCUT2D eigenvalue weighted by atomic mass is 10.1. The molecule has 1 fully saturated rings. The molecular weight excluding hydrogens is 318 g/mol. The van der Waals surface area contributed by atoms with Crippen molar-refractivity contribution in [3.63, 3.8) is 0 Å². The highest BCUT2D eigenvalue weighted by molar-refractivity contribution is 5.92. The minimum atomic E-state index is -0.0809. The first-order valence-corrected chi connectivity index (χ1v) is 9.34. The van der Waals surface area contributed by atoms with E-state index in [9.17, 15) is 4.79 Å². The topological polar surface area (TPSA) is 62.6 Å². The van der Waals surface area contributed by atoms with Gasteiger partial charge < -0.3 is 19.9 Å². The number of nitrogens with one attached hydrogen (secondary N) is 1. The second-order valence-electron chi connectivity index (χ2n) is 7.51. The van der Waals surface area contributed by atoms with Crippen LogP contribution in [0.2, 0.25) is 0 Å². The number of rotatable bonds is 7. The molecule has 0 unspecified atom stereocenters. The lowest BCUT2D eigenvalue weighted by molar-refractivity contribution is 0.0117. The minimum Gasteiger partial charge on any atom is -0.378 e. The smallest absolute Gasteiger partial charge is 0.271 e. The number of nitrogens with zero attached hydrogens (tertiary/aromatic N) is 4. The summed E-state index contributed by atoms with van der Waals surface area (Å²) in [4.78, 5) is 16.8. The van der Waals surface area contributed by atoms with Crippen LogP contribution < -0.4 is 5.32 Å². The fraction of sp³-hybridized carbons (Fsp3) is 0.778. The van der Waals surface area contributed by atoms with Crippen LogP contribution in [0.3, 0.4) is 0 Å². The number of likely N-dealkylation sites (tertiary alicyclic amines) is 1. The molecule has 140 valence electrons. The third kappa shape index (κ3) is 4.80. The van der Waals surface area contributed by atoms with Gasteiger partial charge >= 0.3 is 0 Å². The number of carbonyl (C=O) groups is 1. The summed E-state index contributed by atoms with van der Waals surface area (Å²) in [6, 6.07) is 2.41. The molecule has 1 saturated heterocycles. The van der Waals surface area contributed by atoms with E-state index < -0.39 is 0 Å². The second kappa shape index (κ2) is 8.29. The average Bonchev–Trinajstić information content (AvgIpc) is 3.15. The van der Waals surface area contributed by atoms with Gasteiger partial charge in [-0.05, 0) is 46.5 Å². The van der Waals surface area contributed by atoms with Gasteiger partial charge in [-0.15, -0.1) is 0 Å². The van der Waals surface area contributed by atoms with Crippen LogP contribution in [-0.4, -0.2) is 85.0 Å². The molecule has 1 aromatic rings. The van der Waals surface area contributed by atoms with Gasteiger partial charge in [-0.1, -0.05) is 0 Å². The summed E-state index contributed by atoms with van der Waals surface area (Å²) in [5.74, 6) is -0.0809. The number of likely N-dealkylation sites (N-methyl/N-ethyl adjacent to an activating group) is 1. The molecule has 0 spiro atoms. The van der Waals surface area contributed by atoms with Crippen LogP contribution >= 0.6 is 0 Å². The second-order valence-corrected chi connectivity index (χ2v) is 7.51. The van der Waals surface area contributed by atoms with Crippen LogP contribution in [0.25, 0.3) is 0 Å². The Morgan fingerprint density at radius 3 is 2.84 bits per heavy atom. The third-order valence-corrected chi connectivity index (χ3v) is 5.28. The van der Waals surface area contributed by atoms with Crippen molar-refractivity contribution in [1.29, 1.82) is 0 Å². The summed E-state index contributed by atoms with van der Waals surface area (Å²) in [6.07, 6.45) is 4.40. The Labute approximate surface area is 150 Å². The summed E-state index contributed by atoms with van der Waals surface area (Å²) in [5.41, 5.74) is 1.68. The number of aromatic nitrogens is 2. The molecule has 2 aliphatic rings. The Morgan fingerprint density at radius 2 is 2.16 bits per heavy atom. The number of fused-ring (bicyclic) bond motifs is 1. The van der Waals surface area contributed by atoms with Crippen molar-refractivity contribution in [2.75, 3.05) is 47.4 Å². The van der Waals surface area contributed by atoms with Crippen molar-refractivity contribution in [3.8, 4) is 0 Å². The molecule has 3 rings (SSSR count). The van der Waals surface area contributed by atoms with Crippen molar-refractivity contribution in [3.05, 3.63) is 17.5 Å². The molecule has 3 heterocycles. The molecule has 2 aliphatic heterocycles. The third-order valence-electron chi connectivity index (χ3n) is 5.28. The maximum atomic E-state index is 12.2. The first kappa shape index (κ1) is 18.4. The molecule has 0 bridgehead atoms. The van der Waals surface area contributed by atoms with Gasteiger partial charge in [0.25, 0.3) is 5.91 Å². The molecule has 1 aromatic heterocycles. The van der Waals surface area contributed by atoms with Crippen LogP contribution in [-0.2, 0) is 17.7 Å². The van der Waals surface area contributed by atoms with Crippen molar-refractivity contribution in [1.82, 2.24) is 24.9 Å². The van der Waals surface area contributed by atoms with Gasteiger partial charge in [0.1, 0.15) is 5.69 Å². The largest absolute Gasteiger partial charge is 0.378 e. The Morgan fingerprint density at radius 1 is 1.40 bits per heavy atom. The van der Waals surface area contributed by atoms with Crippen molar-refractivity contribution in [2.24, 2.45) is 0 Å². The Hall–Kier alpha value is -1.44. The predicted molar refractivity (Wildman–Crippen MR) is 96.8 cm³/mol. The molecule has 1 N–H and O–H groups in total. The van der Waals surface area contributed by atoms with Gasteiger partial charge in [0.05, 0.1) is 12.6 Å². The zero-order valence-corrected chi connectivity index (χ0v) is 15.7. The van der Waals surface area contributed by atoms with E-state index >= 15 is 0 Å². The lowest BCUT2D eigenvalue weighted by Crippen LogP contribution is -2.34. The van der Waals surface area contributed by atoms with Crippen LogP contribution in [0.1, 0.15) is 35.4 Å². The van der Waals surface area contributed by atoms with Gasteiger partial charge in [0, 0.05) is 44.4 Å². The molecule has 7 heteroatoms. The van der Waals surface area contributed by atoms with E-state index in [1.165, 1.54) is 0 Å². The lowest BCUT2D eigenvalue weighted by Gasteiger charge is -2.28. The first-order chi connectivity index (χ1) is 12.0. The SMILES string of the molecule is CN1CCC(OCCCNC(=O)c2cc3n(n2)C[C@@H](N(C)C)C3)CC1. The highest BCUT2D eigenvalue weighted by Crippen LogP contribution is 2.18. The molecular formula is C18H31N5O2. The first-order valence-electron chi connectivity index (χ1n) is 9.34. The van der Waals surface area contributed by atoms with Gasteiger partial charge in [-0.2, -0.15) is 5.10 Å². The van der Waals surface area contributed by atoms with Gasteiger partial charge in [0.15, 0.2) is 0 Å². The van der Waals surface area contributed by atoms with Gasteiger partial charge in [-0.3, -0.25) is 9.48 Å². The summed E-state index contributed by atoms with van der Waals surface area (Å²) in [5, 5.41) is 7.40. The molecule has 0 saturated carbocycles. The zero-order valence-electron chi connectivity index (χ0n) is 15.7. The maximum absolute atomic E-state index is 12.2. The normalized spacial score (nSPS) is 21.7. The van der Waals surface area contributed by atoms with Crippen molar-refractivity contribution in [2.45, 2.75) is 44.4 Å². The van der Waals surface area contributed by atoms with Crippen molar-refractivity contribution < 1.29 is 9.53 Å². The summed E-state index contributed by atoms with van der Waals surface area (Å²) in [7, 11) is 6.31. The monoisotopic (exact) mass is 349 g/mol. The quantitative estimate of drug-likeness (QED) is 0.731. The summed E-state index contributed by atoms with van der Waals surface area (Å²) >= 11 is 0. The van der Waals surface area contributed by atoms with Crippen molar-refractivity contribution >= 4 is 5.91 Å². The van der Waals surface area contributed by atoms with E-state index in [4.69, 9.17) is 4.74 Å². The Kier molecular flexibility index (Phi) is 6.09. The fourth-order valence-electron chi connectivity index (χ4n) is 3.51. The molecule has 0 radical (unpaired) electrons. The van der Waals surface area contributed by atoms with E-state index in [1.54, 1.807) is 0 Å². The number of carbonyl (C=O) groups excluding carboxylic acids is 1. The van der Waals surface area contributed by atoms with Crippen LogP contribution in [0.4, 0.5) is 0 Å². The number of hydrogen-bond acceptors (Lipinski definition) is 5. The number of ether oxygens (including phenoxy) is 1.